The number of nitrogens with one attached hydrogen (secondary N) is 1. The first-order valence-electron chi connectivity index (χ1n) is 10.6. The van der Waals surface area contributed by atoms with Gasteiger partial charge in [-0.2, -0.15) is 0 Å². The number of aryl methyl sites for hydroxylation is 1. The highest BCUT2D eigenvalue weighted by atomic mass is 16.3. The number of carbonyl (C=O) groups is 1. The molecule has 0 aliphatic carbocycles. The van der Waals surface area contributed by atoms with E-state index >= 15 is 0 Å². The van der Waals surface area contributed by atoms with Gasteiger partial charge in [-0.15, -0.1) is 0 Å². The molecule has 1 unspecified atom stereocenters. The number of phenols is 1. The summed E-state index contributed by atoms with van der Waals surface area (Å²) in [6, 6.07) is 16.4. The molecule has 2 heterocycles. The maximum absolute atomic E-state index is 12.7. The second-order valence-electron chi connectivity index (χ2n) is 8.91. The number of benzene rings is 2. The third kappa shape index (κ3) is 3.84. The standard InChI is InChI=1S/C24H31N3O2/c1-17(2)27-16-24(22(27)19-6-10-21(28)11-7-19)12-14-26(15-13-24)23(29)25-20-8-4-18(3)5-9-20/h4-11,17,22,28H,12-16H2,1-3H3,(H,25,29). The molecule has 29 heavy (non-hydrogen) atoms. The lowest BCUT2D eigenvalue weighted by molar-refractivity contribution is -0.123. The molecular formula is C24H31N3O2. The summed E-state index contributed by atoms with van der Waals surface area (Å²) < 4.78 is 0. The monoisotopic (exact) mass is 393 g/mol. The molecule has 5 heteroatoms. The van der Waals surface area contributed by atoms with Gasteiger partial charge in [0, 0.05) is 42.8 Å². The summed E-state index contributed by atoms with van der Waals surface area (Å²) in [4.78, 5) is 17.2. The van der Waals surface area contributed by atoms with E-state index in [1.807, 2.05) is 48.2 Å². The van der Waals surface area contributed by atoms with Gasteiger partial charge in [0.1, 0.15) is 5.75 Å². The lowest BCUT2D eigenvalue weighted by Gasteiger charge is -2.62. The number of hydrogen-bond donors (Lipinski definition) is 2. The minimum absolute atomic E-state index is 0.00933. The molecule has 1 atom stereocenters. The summed E-state index contributed by atoms with van der Waals surface area (Å²) in [5.41, 5.74) is 3.50. The number of piperidine rings is 1. The van der Waals surface area contributed by atoms with Crippen LogP contribution in [0.1, 0.15) is 43.9 Å². The van der Waals surface area contributed by atoms with Crippen LogP contribution >= 0.6 is 0 Å². The molecule has 2 amide bonds. The topological polar surface area (TPSA) is 55.8 Å². The van der Waals surface area contributed by atoms with E-state index in [-0.39, 0.29) is 11.4 Å². The van der Waals surface area contributed by atoms with Crippen molar-refractivity contribution >= 4 is 11.7 Å². The number of likely N-dealkylation sites (tertiary alicyclic amines) is 2. The van der Waals surface area contributed by atoms with Gasteiger partial charge in [-0.1, -0.05) is 29.8 Å². The highest BCUT2D eigenvalue weighted by Gasteiger charge is 2.54. The molecule has 1 spiro atoms. The molecule has 2 saturated heterocycles. The Labute approximate surface area is 173 Å². The van der Waals surface area contributed by atoms with E-state index in [0.29, 0.717) is 17.8 Å². The lowest BCUT2D eigenvalue weighted by atomic mass is 9.62. The summed E-state index contributed by atoms with van der Waals surface area (Å²) in [6.07, 6.45) is 2.01. The van der Waals surface area contributed by atoms with Crippen molar-refractivity contribution < 1.29 is 9.90 Å². The maximum Gasteiger partial charge on any atom is 0.321 e. The largest absolute Gasteiger partial charge is 0.508 e. The first-order chi connectivity index (χ1) is 13.9. The van der Waals surface area contributed by atoms with Crippen molar-refractivity contribution in [2.75, 3.05) is 25.0 Å². The molecule has 2 aliphatic heterocycles. The van der Waals surface area contributed by atoms with Crippen molar-refractivity contribution in [2.45, 2.75) is 45.7 Å². The van der Waals surface area contributed by atoms with E-state index in [4.69, 9.17) is 0 Å². The van der Waals surface area contributed by atoms with Gasteiger partial charge in [-0.3, -0.25) is 4.90 Å². The van der Waals surface area contributed by atoms with Crippen LogP contribution in [0.5, 0.6) is 5.75 Å². The SMILES string of the molecule is Cc1ccc(NC(=O)N2CCC3(CC2)CN(C(C)C)C3c2ccc(O)cc2)cc1. The Morgan fingerprint density at radius 2 is 1.69 bits per heavy atom. The number of nitrogens with zero attached hydrogens (tertiary/aromatic N) is 2. The van der Waals surface area contributed by atoms with Crippen LogP contribution in [0.4, 0.5) is 10.5 Å². The minimum atomic E-state index is -0.00933. The molecule has 2 aliphatic rings. The smallest absolute Gasteiger partial charge is 0.321 e. The van der Waals surface area contributed by atoms with Gasteiger partial charge in [0.15, 0.2) is 0 Å². The first-order valence-corrected chi connectivity index (χ1v) is 10.6. The third-order valence-corrected chi connectivity index (χ3v) is 6.63. The zero-order valence-electron chi connectivity index (χ0n) is 17.6. The molecule has 0 aromatic heterocycles. The van der Waals surface area contributed by atoms with Crippen LogP contribution in [0.2, 0.25) is 0 Å². The van der Waals surface area contributed by atoms with E-state index in [1.54, 1.807) is 12.1 Å². The van der Waals surface area contributed by atoms with Crippen LogP contribution in [0, 0.1) is 12.3 Å². The Kier molecular flexibility index (Phi) is 5.26. The molecule has 2 fully saturated rings. The summed E-state index contributed by atoms with van der Waals surface area (Å²) in [5, 5.41) is 12.7. The molecule has 0 bridgehead atoms. The predicted octanol–water partition coefficient (Wildman–Crippen LogP) is 4.78. The summed E-state index contributed by atoms with van der Waals surface area (Å²) >= 11 is 0. The minimum Gasteiger partial charge on any atom is -0.508 e. The van der Waals surface area contributed by atoms with E-state index < -0.39 is 0 Å². The number of hydrogen-bond acceptors (Lipinski definition) is 3. The summed E-state index contributed by atoms with van der Waals surface area (Å²) in [5.74, 6) is 0.306. The van der Waals surface area contributed by atoms with Crippen LogP contribution < -0.4 is 5.32 Å². The fourth-order valence-electron chi connectivity index (χ4n) is 4.89. The molecule has 5 nitrogen and oxygen atoms in total. The van der Waals surface area contributed by atoms with Gasteiger partial charge in [-0.25, -0.2) is 4.79 Å². The number of phenolic OH excluding ortho intramolecular Hbond substituents is 1. The zero-order valence-corrected chi connectivity index (χ0v) is 17.6. The first kappa shape index (κ1) is 19.8. The average Bonchev–Trinajstić information content (AvgIpc) is 2.70. The fraction of sp³-hybridized carbons (Fsp3) is 0.458. The van der Waals surface area contributed by atoms with Crippen LogP contribution in [0.25, 0.3) is 0 Å². The van der Waals surface area contributed by atoms with Crippen LogP contribution in [0.3, 0.4) is 0 Å². The van der Waals surface area contributed by atoms with Crippen molar-refractivity contribution in [1.29, 1.82) is 0 Å². The maximum atomic E-state index is 12.7. The zero-order chi connectivity index (χ0) is 20.6. The molecule has 4 rings (SSSR count). The van der Waals surface area contributed by atoms with Gasteiger partial charge >= 0.3 is 6.03 Å². The quantitative estimate of drug-likeness (QED) is 0.789. The number of anilines is 1. The van der Waals surface area contributed by atoms with Crippen molar-refractivity contribution in [3.05, 3.63) is 59.7 Å². The van der Waals surface area contributed by atoms with Crippen molar-refractivity contribution in [3.63, 3.8) is 0 Å². The predicted molar refractivity (Wildman–Crippen MR) is 116 cm³/mol. The molecule has 0 saturated carbocycles. The van der Waals surface area contributed by atoms with E-state index in [1.165, 1.54) is 11.1 Å². The molecule has 2 aromatic rings. The van der Waals surface area contributed by atoms with E-state index in [0.717, 1.165) is 38.2 Å². The Bertz CT molecular complexity index is 853. The number of amides is 2. The summed E-state index contributed by atoms with van der Waals surface area (Å²) in [6.45, 7) is 9.15. The number of urea groups is 1. The number of rotatable bonds is 3. The van der Waals surface area contributed by atoms with Crippen LogP contribution in [-0.2, 0) is 0 Å². The van der Waals surface area contributed by atoms with Gasteiger partial charge in [0.05, 0.1) is 0 Å². The Morgan fingerprint density at radius 1 is 1.07 bits per heavy atom. The Balaban J connectivity index is 1.43. The van der Waals surface area contributed by atoms with E-state index in [9.17, 15) is 9.90 Å². The summed E-state index contributed by atoms with van der Waals surface area (Å²) in [7, 11) is 0. The van der Waals surface area contributed by atoms with Gasteiger partial charge in [0.25, 0.3) is 0 Å². The molecular weight excluding hydrogens is 362 g/mol. The van der Waals surface area contributed by atoms with Crippen molar-refractivity contribution in [3.8, 4) is 5.75 Å². The lowest BCUT2D eigenvalue weighted by Crippen LogP contribution is -2.64. The van der Waals surface area contributed by atoms with Crippen LogP contribution in [0.15, 0.2) is 48.5 Å². The fourth-order valence-corrected chi connectivity index (χ4v) is 4.89. The molecule has 154 valence electrons. The van der Waals surface area contributed by atoms with Crippen molar-refractivity contribution in [2.24, 2.45) is 5.41 Å². The van der Waals surface area contributed by atoms with Gasteiger partial charge < -0.3 is 15.3 Å². The second-order valence-corrected chi connectivity index (χ2v) is 8.91. The Morgan fingerprint density at radius 3 is 2.28 bits per heavy atom. The highest BCUT2D eigenvalue weighted by molar-refractivity contribution is 5.89. The highest BCUT2D eigenvalue weighted by Crippen LogP contribution is 2.55. The number of aromatic hydroxyl groups is 1. The normalized spacial score (nSPS) is 21.2. The number of carbonyl (C=O) groups excluding carboxylic acids is 1. The average molecular weight is 394 g/mol. The van der Waals surface area contributed by atoms with Gasteiger partial charge in [-0.05, 0) is 63.4 Å². The third-order valence-electron chi connectivity index (χ3n) is 6.63. The Hall–Kier alpha value is -2.53. The van der Waals surface area contributed by atoms with Crippen LogP contribution in [-0.4, -0.2) is 46.6 Å². The second kappa shape index (κ2) is 7.71. The van der Waals surface area contributed by atoms with Gasteiger partial charge in [0.2, 0.25) is 0 Å². The molecule has 0 radical (unpaired) electrons. The molecule has 2 aromatic carbocycles. The molecule has 2 N–H and O–H groups in total. The van der Waals surface area contributed by atoms with Crippen molar-refractivity contribution in [1.82, 2.24) is 9.80 Å². The van der Waals surface area contributed by atoms with E-state index in [2.05, 4.69) is 24.1 Å².